The van der Waals surface area contributed by atoms with Crippen LogP contribution in [0, 0.1) is 0 Å². The number of nitrogens with one attached hydrogen (secondary N) is 2. The van der Waals surface area contributed by atoms with E-state index in [9.17, 15) is 18.7 Å². The van der Waals surface area contributed by atoms with Crippen LogP contribution in [0.1, 0.15) is 27.0 Å². The number of hydrogen-bond acceptors (Lipinski definition) is 5. The number of para-hydroxylation sites is 1. The zero-order valence-corrected chi connectivity index (χ0v) is 21.0. The van der Waals surface area contributed by atoms with Gasteiger partial charge in [0.2, 0.25) is 0 Å². The van der Waals surface area contributed by atoms with Crippen LogP contribution >= 0.6 is 0 Å². The molecule has 0 fully saturated rings. The van der Waals surface area contributed by atoms with E-state index in [1.807, 2.05) is 42.6 Å². The van der Waals surface area contributed by atoms with Gasteiger partial charge >= 0.3 is 6.61 Å². The number of aryl methyl sites for hydroxylation is 2. The average molecular weight is 523 g/mol. The van der Waals surface area contributed by atoms with Crippen LogP contribution in [0.3, 0.4) is 0 Å². The summed E-state index contributed by atoms with van der Waals surface area (Å²) in [5, 5.41) is 13.8. The van der Waals surface area contributed by atoms with Crippen molar-refractivity contribution in [2.75, 3.05) is 20.8 Å². The molecule has 1 atom stereocenters. The lowest BCUT2D eigenvalue weighted by molar-refractivity contribution is -0.0502. The van der Waals surface area contributed by atoms with E-state index in [-0.39, 0.29) is 17.9 Å². The second-order valence-corrected chi connectivity index (χ2v) is 9.16. The molecule has 0 saturated heterocycles. The summed E-state index contributed by atoms with van der Waals surface area (Å²) < 4.78 is 42.3. The maximum absolute atomic E-state index is 13.4. The van der Waals surface area contributed by atoms with Gasteiger partial charge in [0.15, 0.2) is 11.5 Å². The molecular weight excluding hydrogens is 494 g/mol. The van der Waals surface area contributed by atoms with Crippen LogP contribution in [0.15, 0.2) is 54.7 Å². The summed E-state index contributed by atoms with van der Waals surface area (Å²) in [6.07, 6.45) is 3.43. The minimum atomic E-state index is -3.10. The molecule has 1 aliphatic rings. The van der Waals surface area contributed by atoms with Gasteiger partial charge in [-0.3, -0.25) is 4.79 Å². The number of benzene rings is 3. The van der Waals surface area contributed by atoms with Crippen molar-refractivity contribution in [1.29, 1.82) is 0 Å². The molecule has 1 unspecified atom stereocenters. The van der Waals surface area contributed by atoms with Gasteiger partial charge in [0, 0.05) is 17.1 Å². The van der Waals surface area contributed by atoms with Crippen LogP contribution < -0.4 is 19.5 Å². The molecule has 0 bridgehead atoms. The Morgan fingerprint density at radius 3 is 2.34 bits per heavy atom. The Morgan fingerprint density at radius 1 is 1.00 bits per heavy atom. The minimum Gasteiger partial charge on any atom is -0.493 e. The molecule has 0 saturated carbocycles. The van der Waals surface area contributed by atoms with Crippen molar-refractivity contribution in [2.24, 2.45) is 0 Å². The summed E-state index contributed by atoms with van der Waals surface area (Å²) >= 11 is 0. The summed E-state index contributed by atoms with van der Waals surface area (Å²) in [5.41, 5.74) is 5.17. The molecule has 0 spiro atoms. The number of H-pyrrole nitrogens is 1. The predicted molar refractivity (Wildman–Crippen MR) is 139 cm³/mol. The van der Waals surface area contributed by atoms with Crippen molar-refractivity contribution in [1.82, 2.24) is 10.3 Å². The average Bonchev–Trinajstić information content (AvgIpc) is 3.33. The summed E-state index contributed by atoms with van der Waals surface area (Å²) in [6.45, 7) is -3.43. The van der Waals surface area contributed by atoms with Crippen molar-refractivity contribution in [3.05, 3.63) is 77.0 Å². The molecule has 5 rings (SSSR count). The highest BCUT2D eigenvalue weighted by atomic mass is 19.3. The van der Waals surface area contributed by atoms with Crippen molar-refractivity contribution in [2.45, 2.75) is 31.9 Å². The van der Waals surface area contributed by atoms with E-state index in [0.29, 0.717) is 30.8 Å². The maximum Gasteiger partial charge on any atom is 0.387 e. The first-order valence-electron chi connectivity index (χ1n) is 12.3. The number of hydrogen-bond donors (Lipinski definition) is 3. The van der Waals surface area contributed by atoms with Crippen LogP contribution in [-0.2, 0) is 19.3 Å². The Labute approximate surface area is 218 Å². The van der Waals surface area contributed by atoms with Crippen LogP contribution in [0.4, 0.5) is 8.78 Å². The number of ether oxygens (including phenoxy) is 3. The van der Waals surface area contributed by atoms with E-state index < -0.39 is 18.6 Å². The molecule has 1 amide bonds. The molecule has 198 valence electrons. The molecule has 9 heteroatoms. The molecule has 4 aromatic rings. The summed E-state index contributed by atoms with van der Waals surface area (Å²) in [7, 11) is 3.10. The number of alkyl halides is 2. The molecule has 38 heavy (non-hydrogen) atoms. The Kier molecular flexibility index (Phi) is 7.20. The van der Waals surface area contributed by atoms with Gasteiger partial charge in [-0.25, -0.2) is 0 Å². The number of aliphatic hydroxyl groups is 1. The van der Waals surface area contributed by atoms with E-state index in [1.54, 1.807) is 13.2 Å². The molecule has 0 aliphatic heterocycles. The van der Waals surface area contributed by atoms with Gasteiger partial charge < -0.3 is 29.6 Å². The Balaban J connectivity index is 1.49. The topological polar surface area (TPSA) is 92.8 Å². The highest BCUT2D eigenvalue weighted by molar-refractivity contribution is 5.99. The summed E-state index contributed by atoms with van der Waals surface area (Å²) in [6, 6.07) is 13.9. The fourth-order valence-corrected chi connectivity index (χ4v) is 5.09. The number of carbonyl (C=O) groups is 1. The lowest BCUT2D eigenvalue weighted by Crippen LogP contribution is -2.39. The number of amides is 1. The lowest BCUT2D eigenvalue weighted by Gasteiger charge is -2.24. The van der Waals surface area contributed by atoms with E-state index >= 15 is 0 Å². The third-order valence-electron chi connectivity index (χ3n) is 6.93. The number of aromatic amines is 1. The molecule has 1 aliphatic carbocycles. The van der Waals surface area contributed by atoms with Gasteiger partial charge in [0.05, 0.1) is 32.4 Å². The SMILES string of the molecule is COc1cc2c(cc1OC)-c1cc(C(=O)NC(CO)Cc3c[nH]c4ccccc34)c(OC(F)F)cc1CC2. The third-order valence-corrected chi connectivity index (χ3v) is 6.93. The van der Waals surface area contributed by atoms with Crippen LogP contribution in [-0.4, -0.2) is 49.5 Å². The van der Waals surface area contributed by atoms with E-state index in [1.165, 1.54) is 13.2 Å². The third kappa shape index (κ3) is 4.89. The van der Waals surface area contributed by atoms with Crippen LogP contribution in [0.5, 0.6) is 17.2 Å². The van der Waals surface area contributed by atoms with E-state index in [2.05, 4.69) is 10.3 Å². The summed E-state index contributed by atoms with van der Waals surface area (Å²) in [5.74, 6) is 0.296. The van der Waals surface area contributed by atoms with Gasteiger partial charge in [-0.15, -0.1) is 0 Å². The second kappa shape index (κ2) is 10.7. The van der Waals surface area contributed by atoms with Crippen molar-refractivity contribution in [3.63, 3.8) is 0 Å². The standard InChI is InChI=1S/C29H28F2N2O5/c1-36-26-11-17-8-7-16-10-25(38-29(30)31)23(12-21(16)22(17)13-27(26)37-2)28(35)33-19(15-34)9-18-14-32-24-6-4-3-5-20(18)24/h3-6,10-14,19,29,32,34H,7-9,15H2,1-2H3,(H,33,35). The molecule has 3 N–H and O–H groups in total. The number of halogens is 2. The molecule has 1 heterocycles. The van der Waals surface area contributed by atoms with E-state index in [0.717, 1.165) is 38.7 Å². The first-order chi connectivity index (χ1) is 18.4. The largest absolute Gasteiger partial charge is 0.493 e. The molecule has 1 aromatic heterocycles. The first kappa shape index (κ1) is 25.5. The van der Waals surface area contributed by atoms with Crippen molar-refractivity contribution in [3.8, 4) is 28.4 Å². The van der Waals surface area contributed by atoms with Crippen LogP contribution in [0.2, 0.25) is 0 Å². The predicted octanol–water partition coefficient (Wildman–Crippen LogP) is 4.89. The van der Waals surface area contributed by atoms with Crippen LogP contribution in [0.25, 0.3) is 22.0 Å². The Hall–Kier alpha value is -4.11. The number of carbonyl (C=O) groups excluding carboxylic acids is 1. The molecular formula is C29H28F2N2O5. The van der Waals surface area contributed by atoms with Gasteiger partial charge in [-0.1, -0.05) is 18.2 Å². The van der Waals surface area contributed by atoms with Crippen molar-refractivity contribution >= 4 is 16.8 Å². The summed E-state index contributed by atoms with van der Waals surface area (Å²) in [4.78, 5) is 16.6. The molecule has 7 nitrogen and oxygen atoms in total. The number of methoxy groups -OCH3 is 2. The molecule has 0 radical (unpaired) electrons. The monoisotopic (exact) mass is 522 g/mol. The highest BCUT2D eigenvalue weighted by Gasteiger charge is 2.26. The van der Waals surface area contributed by atoms with Gasteiger partial charge in [-0.05, 0) is 77.4 Å². The number of aliphatic hydroxyl groups excluding tert-OH is 1. The molecule has 3 aromatic carbocycles. The minimum absolute atomic E-state index is 0.0379. The number of aromatic nitrogens is 1. The van der Waals surface area contributed by atoms with Crippen molar-refractivity contribution < 1.29 is 32.9 Å². The van der Waals surface area contributed by atoms with Gasteiger partial charge in [0.1, 0.15) is 5.75 Å². The first-order valence-corrected chi connectivity index (χ1v) is 12.3. The maximum atomic E-state index is 13.4. The Morgan fingerprint density at radius 2 is 1.66 bits per heavy atom. The van der Waals surface area contributed by atoms with Gasteiger partial charge in [-0.2, -0.15) is 8.78 Å². The quantitative estimate of drug-likeness (QED) is 0.291. The van der Waals surface area contributed by atoms with Gasteiger partial charge in [0.25, 0.3) is 5.91 Å². The zero-order chi connectivity index (χ0) is 26.8. The lowest BCUT2D eigenvalue weighted by atomic mass is 9.84. The number of rotatable bonds is 9. The fourth-order valence-electron chi connectivity index (χ4n) is 5.09. The van der Waals surface area contributed by atoms with E-state index in [4.69, 9.17) is 14.2 Å². The fraction of sp³-hybridized carbons (Fsp3) is 0.276. The highest BCUT2D eigenvalue weighted by Crippen LogP contribution is 2.42. The smallest absolute Gasteiger partial charge is 0.387 e. The zero-order valence-electron chi connectivity index (χ0n) is 21.0. The normalized spacial score (nSPS) is 13.1. The number of fused-ring (bicyclic) bond motifs is 4. The Bertz CT molecular complexity index is 1480. The second-order valence-electron chi connectivity index (χ2n) is 9.16.